The highest BCUT2D eigenvalue weighted by Crippen LogP contribution is 2.35. The number of ether oxygens (including phenoxy) is 1. The van der Waals surface area contributed by atoms with Crippen LogP contribution in [0.15, 0.2) is 30.3 Å². The summed E-state index contributed by atoms with van der Waals surface area (Å²) < 4.78 is 35.2. The molecule has 8 heteroatoms. The van der Waals surface area contributed by atoms with Crippen LogP contribution in [0.2, 0.25) is 0 Å². The molecule has 170 valence electrons. The van der Waals surface area contributed by atoms with Gasteiger partial charge in [0.05, 0.1) is 0 Å². The van der Waals surface area contributed by atoms with Crippen molar-refractivity contribution in [3.05, 3.63) is 64.4 Å². The number of nitrogens with zero attached hydrogens (tertiary/aromatic N) is 2. The number of nitrogen functional groups attached to an aromatic ring is 1. The predicted molar refractivity (Wildman–Crippen MR) is 121 cm³/mol. The van der Waals surface area contributed by atoms with Gasteiger partial charge in [0.15, 0.2) is 5.82 Å². The Morgan fingerprint density at radius 2 is 1.85 bits per heavy atom. The van der Waals surface area contributed by atoms with E-state index >= 15 is 0 Å². The van der Waals surface area contributed by atoms with Crippen LogP contribution in [0.25, 0.3) is 22.5 Å². The fourth-order valence-electron chi connectivity index (χ4n) is 4.72. The van der Waals surface area contributed by atoms with E-state index in [9.17, 15) is 13.6 Å². The molecule has 5 rings (SSSR count). The quantitative estimate of drug-likeness (QED) is 0.626. The van der Waals surface area contributed by atoms with Gasteiger partial charge in [-0.15, -0.1) is 0 Å². The van der Waals surface area contributed by atoms with Gasteiger partial charge in [-0.05, 0) is 67.0 Å². The summed E-state index contributed by atoms with van der Waals surface area (Å²) in [5.74, 6) is -1.58. The number of fused-ring (bicyclic) bond motifs is 1. The molecule has 2 aliphatic rings. The summed E-state index contributed by atoms with van der Waals surface area (Å²) >= 11 is 0. The van der Waals surface area contributed by atoms with Crippen LogP contribution in [0.5, 0.6) is 0 Å². The Kier molecular flexibility index (Phi) is 5.54. The van der Waals surface area contributed by atoms with Gasteiger partial charge in [0.25, 0.3) is 5.91 Å². The van der Waals surface area contributed by atoms with E-state index in [1.54, 1.807) is 6.07 Å². The molecule has 2 aromatic carbocycles. The molecular weight excluding hydrogens is 426 g/mol. The largest absolute Gasteiger partial charge is 0.382 e. The Bertz CT molecular complexity index is 1260. The van der Waals surface area contributed by atoms with E-state index < -0.39 is 11.8 Å². The van der Waals surface area contributed by atoms with Crippen LogP contribution in [-0.4, -0.2) is 35.6 Å². The van der Waals surface area contributed by atoms with Gasteiger partial charge in [-0.25, -0.2) is 9.37 Å². The lowest BCUT2D eigenvalue weighted by atomic mass is 9.87. The van der Waals surface area contributed by atoms with Crippen LogP contribution in [-0.2, 0) is 11.2 Å². The summed E-state index contributed by atoms with van der Waals surface area (Å²) in [6.45, 7) is 3.93. The Labute approximate surface area is 190 Å². The second-order valence-corrected chi connectivity index (χ2v) is 8.55. The van der Waals surface area contributed by atoms with Crippen molar-refractivity contribution in [2.75, 3.05) is 25.5 Å². The molecule has 3 heterocycles. The van der Waals surface area contributed by atoms with E-state index in [4.69, 9.17) is 10.5 Å². The van der Waals surface area contributed by atoms with Gasteiger partial charge in [-0.1, -0.05) is 12.1 Å². The minimum atomic E-state index is -0.813. The molecule has 0 aliphatic carbocycles. The third kappa shape index (κ3) is 3.95. The molecule has 0 spiro atoms. The molecule has 6 nitrogen and oxygen atoms in total. The van der Waals surface area contributed by atoms with Gasteiger partial charge >= 0.3 is 0 Å². The lowest BCUT2D eigenvalue weighted by molar-refractivity contribution is 0.0852. The van der Waals surface area contributed by atoms with Crippen molar-refractivity contribution in [3.8, 4) is 22.5 Å². The Morgan fingerprint density at radius 1 is 1.06 bits per heavy atom. The number of anilines is 1. The number of rotatable bonds is 3. The molecule has 1 amide bonds. The molecule has 1 saturated heterocycles. The molecule has 1 aromatic heterocycles. The SMILES string of the molecule is Cc1cc(-c2nc(-c3cc4c(cc3F)C(=O)NCC4)c(N)nc2F)ccc1C1CCOCC1. The number of aryl methyl sites for hydroxylation is 1. The van der Waals surface area contributed by atoms with Crippen LogP contribution >= 0.6 is 0 Å². The van der Waals surface area contributed by atoms with Gasteiger partial charge in [0.2, 0.25) is 5.95 Å². The van der Waals surface area contributed by atoms with Crippen molar-refractivity contribution in [2.24, 2.45) is 0 Å². The monoisotopic (exact) mass is 450 g/mol. The molecule has 0 radical (unpaired) electrons. The minimum Gasteiger partial charge on any atom is -0.382 e. The number of carbonyl (C=O) groups is 1. The van der Waals surface area contributed by atoms with Gasteiger partial charge in [-0.2, -0.15) is 9.37 Å². The van der Waals surface area contributed by atoms with E-state index in [1.165, 1.54) is 11.6 Å². The third-order valence-electron chi connectivity index (χ3n) is 6.46. The molecule has 0 unspecified atom stereocenters. The van der Waals surface area contributed by atoms with E-state index in [0.717, 1.165) is 31.6 Å². The van der Waals surface area contributed by atoms with Gasteiger partial charge in [0.1, 0.15) is 17.2 Å². The lowest BCUT2D eigenvalue weighted by Crippen LogP contribution is -2.32. The summed E-state index contributed by atoms with van der Waals surface area (Å²) in [5.41, 5.74) is 9.90. The zero-order valence-electron chi connectivity index (χ0n) is 18.3. The maximum atomic E-state index is 15.0. The van der Waals surface area contributed by atoms with Crippen molar-refractivity contribution in [1.29, 1.82) is 0 Å². The van der Waals surface area contributed by atoms with Crippen molar-refractivity contribution < 1.29 is 18.3 Å². The second kappa shape index (κ2) is 8.51. The summed E-state index contributed by atoms with van der Waals surface area (Å²) in [7, 11) is 0. The third-order valence-corrected chi connectivity index (χ3v) is 6.46. The highest BCUT2D eigenvalue weighted by Gasteiger charge is 2.24. The van der Waals surface area contributed by atoms with Crippen LogP contribution in [0.1, 0.15) is 45.8 Å². The minimum absolute atomic E-state index is 0.00990. The van der Waals surface area contributed by atoms with Crippen molar-refractivity contribution in [3.63, 3.8) is 0 Å². The van der Waals surface area contributed by atoms with Crippen LogP contribution in [0, 0.1) is 18.7 Å². The lowest BCUT2D eigenvalue weighted by Gasteiger charge is -2.24. The average Bonchev–Trinajstić information content (AvgIpc) is 2.80. The number of hydrogen-bond acceptors (Lipinski definition) is 5. The van der Waals surface area contributed by atoms with E-state index in [0.29, 0.717) is 30.0 Å². The molecule has 33 heavy (non-hydrogen) atoms. The second-order valence-electron chi connectivity index (χ2n) is 8.55. The number of aromatic nitrogens is 2. The fourth-order valence-corrected chi connectivity index (χ4v) is 4.72. The maximum Gasteiger partial charge on any atom is 0.251 e. The summed E-state index contributed by atoms with van der Waals surface area (Å²) in [6.07, 6.45) is 2.47. The van der Waals surface area contributed by atoms with Crippen LogP contribution in [0.3, 0.4) is 0 Å². The number of halogens is 2. The van der Waals surface area contributed by atoms with Crippen molar-refractivity contribution in [1.82, 2.24) is 15.3 Å². The van der Waals surface area contributed by atoms with Gasteiger partial charge < -0.3 is 15.8 Å². The van der Waals surface area contributed by atoms with Crippen LogP contribution < -0.4 is 11.1 Å². The first kappa shape index (κ1) is 21.5. The Balaban J connectivity index is 1.56. The Morgan fingerprint density at radius 3 is 2.61 bits per heavy atom. The first-order valence-electron chi connectivity index (χ1n) is 11.0. The summed E-state index contributed by atoms with van der Waals surface area (Å²) in [5, 5.41) is 2.69. The highest BCUT2D eigenvalue weighted by molar-refractivity contribution is 5.97. The maximum absolute atomic E-state index is 15.0. The first-order valence-corrected chi connectivity index (χ1v) is 11.0. The summed E-state index contributed by atoms with van der Waals surface area (Å²) in [6, 6.07) is 8.43. The first-order chi connectivity index (χ1) is 15.9. The van der Waals surface area contributed by atoms with Crippen molar-refractivity contribution >= 4 is 11.7 Å². The molecule has 0 saturated carbocycles. The van der Waals surface area contributed by atoms with E-state index in [1.807, 2.05) is 25.1 Å². The normalized spacial score (nSPS) is 16.4. The van der Waals surface area contributed by atoms with E-state index in [2.05, 4.69) is 15.3 Å². The Hall–Kier alpha value is -3.39. The highest BCUT2D eigenvalue weighted by atomic mass is 19.1. The average molecular weight is 450 g/mol. The molecule has 0 atom stereocenters. The molecule has 1 fully saturated rings. The number of hydrogen-bond donors (Lipinski definition) is 2. The zero-order valence-corrected chi connectivity index (χ0v) is 18.3. The van der Waals surface area contributed by atoms with Crippen molar-refractivity contribution in [2.45, 2.75) is 32.1 Å². The smallest absolute Gasteiger partial charge is 0.251 e. The molecule has 3 N–H and O–H groups in total. The van der Waals surface area contributed by atoms with E-state index in [-0.39, 0.29) is 34.2 Å². The molecular formula is C25H24F2N4O2. The molecule has 3 aromatic rings. The number of nitrogens with two attached hydrogens (primary N) is 1. The van der Waals surface area contributed by atoms with Crippen LogP contribution in [0.4, 0.5) is 14.6 Å². The number of carbonyl (C=O) groups excluding carboxylic acids is 1. The topological polar surface area (TPSA) is 90.1 Å². The fraction of sp³-hybridized carbons (Fsp3) is 0.320. The predicted octanol–water partition coefficient (Wildman–Crippen LogP) is 4.16. The van der Waals surface area contributed by atoms with Gasteiger partial charge in [0, 0.05) is 36.4 Å². The standard InChI is InChI=1S/C25H24F2N4O2/c1-13-10-16(2-3-17(13)14-5-8-33-9-6-14)21-23(27)31-24(28)22(30-21)19-11-15-4-7-29-25(32)18(15)12-20(19)26/h2-3,10-12,14H,4-9H2,1H3,(H2,28,31)(H,29,32). The summed E-state index contributed by atoms with van der Waals surface area (Å²) in [4.78, 5) is 20.2. The zero-order chi connectivity index (χ0) is 23.1. The number of amides is 1. The molecule has 0 bridgehead atoms. The number of nitrogens with one attached hydrogen (secondary N) is 1. The number of benzene rings is 2. The molecule has 2 aliphatic heterocycles. The van der Waals surface area contributed by atoms with Gasteiger partial charge in [-0.3, -0.25) is 4.79 Å².